The maximum Gasteiger partial charge on any atom is 0.416 e. The highest BCUT2D eigenvalue weighted by atomic mass is 32.2. The molecular formula is C25H29F5N4O2S. The van der Waals surface area contributed by atoms with Crippen LogP contribution in [0.1, 0.15) is 49.3 Å². The number of amides is 2. The number of rotatable bonds is 5. The van der Waals surface area contributed by atoms with Crippen molar-refractivity contribution in [2.24, 2.45) is 10.9 Å². The molecule has 3 aliphatic heterocycles. The van der Waals surface area contributed by atoms with E-state index >= 15 is 0 Å². The fourth-order valence-electron chi connectivity index (χ4n) is 4.89. The van der Waals surface area contributed by atoms with E-state index in [9.17, 15) is 31.5 Å². The molecule has 6 nitrogen and oxygen atoms in total. The first-order valence-electron chi connectivity index (χ1n) is 12.2. The number of nitrogens with zero attached hydrogens (tertiary/aromatic N) is 3. The minimum Gasteiger partial charge on any atom is -0.357 e. The molecule has 2 fully saturated rings. The maximum atomic E-state index is 14.1. The van der Waals surface area contributed by atoms with Crippen molar-refractivity contribution in [2.75, 3.05) is 26.7 Å². The first kappa shape index (κ1) is 27.6. The molecule has 1 atom stereocenters. The summed E-state index contributed by atoms with van der Waals surface area (Å²) < 4.78 is 67.5. The van der Waals surface area contributed by atoms with Crippen LogP contribution >= 0.6 is 11.8 Å². The summed E-state index contributed by atoms with van der Waals surface area (Å²) in [5, 5.41) is 2.78. The van der Waals surface area contributed by atoms with Crippen molar-refractivity contribution in [1.82, 2.24) is 15.1 Å². The summed E-state index contributed by atoms with van der Waals surface area (Å²) in [5.74, 6) is -2.92. The number of likely N-dealkylation sites (tertiary alicyclic amines) is 2. The number of hydrogen-bond donors (Lipinski definition) is 1. The van der Waals surface area contributed by atoms with Crippen LogP contribution in [-0.4, -0.2) is 59.5 Å². The smallest absolute Gasteiger partial charge is 0.357 e. The van der Waals surface area contributed by atoms with Crippen molar-refractivity contribution in [3.05, 3.63) is 45.9 Å². The molecule has 12 heteroatoms. The molecule has 0 bridgehead atoms. The summed E-state index contributed by atoms with van der Waals surface area (Å²) in [5.41, 5.74) is -1.52. The largest absolute Gasteiger partial charge is 0.416 e. The number of piperidine rings is 2. The zero-order chi connectivity index (χ0) is 27.0. The molecule has 202 valence electrons. The number of aliphatic imine (C=N–C) groups is 1. The highest BCUT2D eigenvalue weighted by Crippen LogP contribution is 2.37. The van der Waals surface area contributed by atoms with E-state index in [-0.39, 0.29) is 29.2 Å². The summed E-state index contributed by atoms with van der Waals surface area (Å²) in [6.45, 7) is 2.56. The second kappa shape index (κ2) is 10.7. The standard InChI is InChI=1S/C25H29F5N4O2S/c1-24(26,27)18-13-17(25(28,29)30)6-5-16(18)14-34-10-7-15(8-11-34)12-20-21(32-23(36)37-20)31-19-4-3-9-33(2)22(19)35/h5-6,12-13,15,19H,3-4,7-11,14H2,1-2H3,(H,31,32,36)/b20-12-. The van der Waals surface area contributed by atoms with Crippen LogP contribution in [0.25, 0.3) is 0 Å². The fourth-order valence-corrected chi connectivity index (χ4v) is 5.68. The van der Waals surface area contributed by atoms with Gasteiger partial charge in [-0.15, -0.1) is 0 Å². The number of benzene rings is 1. The quantitative estimate of drug-likeness (QED) is 0.504. The molecule has 0 spiro atoms. The topological polar surface area (TPSA) is 65.0 Å². The molecule has 4 rings (SSSR count). The number of carbonyl (C=O) groups is 2. The van der Waals surface area contributed by atoms with Gasteiger partial charge in [0.1, 0.15) is 11.9 Å². The molecule has 37 heavy (non-hydrogen) atoms. The number of halogens is 5. The van der Waals surface area contributed by atoms with Gasteiger partial charge in [-0.2, -0.15) is 18.2 Å². The van der Waals surface area contributed by atoms with Gasteiger partial charge in [0, 0.05) is 32.6 Å². The average molecular weight is 545 g/mol. The van der Waals surface area contributed by atoms with Crippen LogP contribution in [0.4, 0.5) is 26.7 Å². The first-order chi connectivity index (χ1) is 17.3. The number of thioether (sulfide) groups is 1. The number of likely N-dealkylation sites (N-methyl/N-ethyl adjacent to an activating group) is 1. The van der Waals surface area contributed by atoms with Crippen molar-refractivity contribution >= 4 is 28.7 Å². The predicted molar refractivity (Wildman–Crippen MR) is 131 cm³/mol. The van der Waals surface area contributed by atoms with Crippen molar-refractivity contribution in [3.8, 4) is 0 Å². The average Bonchev–Trinajstić information content (AvgIpc) is 3.15. The third-order valence-electron chi connectivity index (χ3n) is 6.93. The van der Waals surface area contributed by atoms with Gasteiger partial charge in [0.05, 0.1) is 10.5 Å². The molecular weight excluding hydrogens is 515 g/mol. The minimum atomic E-state index is -4.69. The maximum absolute atomic E-state index is 14.1. The van der Waals surface area contributed by atoms with Crippen molar-refractivity contribution in [1.29, 1.82) is 0 Å². The van der Waals surface area contributed by atoms with Crippen LogP contribution in [-0.2, 0) is 23.4 Å². The Morgan fingerprint density at radius 2 is 1.81 bits per heavy atom. The predicted octanol–water partition coefficient (Wildman–Crippen LogP) is 5.39. The van der Waals surface area contributed by atoms with Crippen LogP contribution < -0.4 is 5.32 Å². The Balaban J connectivity index is 1.39. The molecule has 2 saturated heterocycles. The van der Waals surface area contributed by atoms with E-state index in [1.807, 2.05) is 11.0 Å². The Bertz CT molecular complexity index is 1110. The molecule has 2 amide bonds. The van der Waals surface area contributed by atoms with Crippen LogP contribution in [0.2, 0.25) is 0 Å². The third-order valence-corrected chi connectivity index (χ3v) is 7.74. The van der Waals surface area contributed by atoms with Gasteiger partial charge in [-0.25, -0.2) is 8.78 Å². The molecule has 3 aliphatic rings. The molecule has 3 heterocycles. The zero-order valence-electron chi connectivity index (χ0n) is 20.6. The van der Waals surface area contributed by atoms with E-state index < -0.39 is 29.3 Å². The van der Waals surface area contributed by atoms with Crippen molar-refractivity contribution in [2.45, 2.75) is 57.3 Å². The Morgan fingerprint density at radius 1 is 1.11 bits per heavy atom. The number of hydrogen-bond acceptors (Lipinski definition) is 5. The lowest BCUT2D eigenvalue weighted by Gasteiger charge is -2.32. The molecule has 0 saturated carbocycles. The number of nitrogens with one attached hydrogen (secondary N) is 1. The molecule has 1 unspecified atom stereocenters. The summed E-state index contributed by atoms with van der Waals surface area (Å²) in [4.78, 5) is 32.8. The van der Waals surface area contributed by atoms with Crippen LogP contribution in [0, 0.1) is 5.92 Å². The highest BCUT2D eigenvalue weighted by Gasteiger charge is 2.36. The molecule has 0 radical (unpaired) electrons. The zero-order valence-corrected chi connectivity index (χ0v) is 21.4. The van der Waals surface area contributed by atoms with Gasteiger partial charge in [0.25, 0.3) is 5.92 Å². The molecule has 1 aromatic carbocycles. The van der Waals surface area contributed by atoms with Crippen LogP contribution in [0.15, 0.2) is 34.2 Å². The van der Waals surface area contributed by atoms with E-state index in [1.54, 1.807) is 11.9 Å². The van der Waals surface area contributed by atoms with E-state index in [0.717, 1.165) is 30.3 Å². The highest BCUT2D eigenvalue weighted by molar-refractivity contribution is 8.18. The minimum absolute atomic E-state index is 0.0359. The van der Waals surface area contributed by atoms with Gasteiger partial charge in [-0.1, -0.05) is 12.1 Å². The van der Waals surface area contributed by atoms with E-state index in [4.69, 9.17) is 0 Å². The number of amidine groups is 1. The van der Waals surface area contributed by atoms with Gasteiger partial charge in [-0.05, 0) is 74.1 Å². The third kappa shape index (κ3) is 6.70. The van der Waals surface area contributed by atoms with Crippen LogP contribution in [0.3, 0.4) is 0 Å². The lowest BCUT2D eigenvalue weighted by atomic mass is 9.94. The van der Waals surface area contributed by atoms with Gasteiger partial charge < -0.3 is 10.2 Å². The first-order valence-corrected chi connectivity index (χ1v) is 13.0. The Hall–Kier alpha value is -2.47. The second-order valence-corrected chi connectivity index (χ2v) is 10.8. The summed E-state index contributed by atoms with van der Waals surface area (Å²) in [6, 6.07) is 2.11. The summed E-state index contributed by atoms with van der Waals surface area (Å²) in [7, 11) is 1.74. The number of carbonyl (C=O) groups excluding carboxylic acids is 2. The molecule has 1 aromatic rings. The van der Waals surface area contributed by atoms with Crippen molar-refractivity contribution < 1.29 is 31.5 Å². The summed E-state index contributed by atoms with van der Waals surface area (Å²) in [6.07, 6.45) is 0.177. The van der Waals surface area contributed by atoms with Gasteiger partial charge in [-0.3, -0.25) is 14.5 Å². The van der Waals surface area contributed by atoms with E-state index in [0.29, 0.717) is 62.6 Å². The van der Waals surface area contributed by atoms with E-state index in [2.05, 4.69) is 10.3 Å². The van der Waals surface area contributed by atoms with E-state index in [1.165, 1.54) is 0 Å². The Labute approximate surface area is 216 Å². The normalized spacial score (nSPS) is 23.6. The monoisotopic (exact) mass is 544 g/mol. The number of allylic oxidation sites excluding steroid dienone is 1. The van der Waals surface area contributed by atoms with Gasteiger partial charge >= 0.3 is 11.4 Å². The molecule has 0 aromatic heterocycles. The number of alkyl halides is 5. The Morgan fingerprint density at radius 3 is 2.46 bits per heavy atom. The second-order valence-electron chi connectivity index (χ2n) is 9.83. The SMILES string of the molecule is CN1CCCC(NC2=NC(=O)S/C2=C\C2CCN(Cc3ccc(C(F)(F)F)cc3C(C)(F)F)CC2)C1=O. The van der Waals surface area contributed by atoms with Gasteiger partial charge in [0.15, 0.2) is 0 Å². The Kier molecular flexibility index (Phi) is 7.99. The summed E-state index contributed by atoms with van der Waals surface area (Å²) >= 11 is 1.01. The fraction of sp³-hybridized carbons (Fsp3) is 0.560. The van der Waals surface area contributed by atoms with Gasteiger partial charge in [0.2, 0.25) is 5.91 Å². The lowest BCUT2D eigenvalue weighted by molar-refractivity contribution is -0.138. The van der Waals surface area contributed by atoms with Crippen LogP contribution in [0.5, 0.6) is 0 Å². The molecule has 0 aliphatic carbocycles. The molecule has 1 N–H and O–H groups in total. The van der Waals surface area contributed by atoms with Crippen molar-refractivity contribution in [3.63, 3.8) is 0 Å². The lowest BCUT2D eigenvalue weighted by Crippen LogP contribution is -2.50.